The minimum absolute atomic E-state index is 0.171. The zero-order chi connectivity index (χ0) is 46.6. The number of rotatable bonds is 6. The molecule has 0 radical (unpaired) electrons. The van der Waals surface area contributed by atoms with Gasteiger partial charge in [-0.05, 0) is 86.8 Å². The van der Waals surface area contributed by atoms with E-state index in [0.29, 0.717) is 0 Å². The number of aromatic nitrogens is 1. The van der Waals surface area contributed by atoms with Gasteiger partial charge in [-0.15, -0.1) is 0 Å². The second-order valence-corrected chi connectivity index (χ2v) is 19.8. The Kier molecular flexibility index (Phi) is 8.99. The second-order valence-electron chi connectivity index (χ2n) is 18.7. The third-order valence-electron chi connectivity index (χ3n) is 14.8. The molecule has 330 valence electrons. The van der Waals surface area contributed by atoms with Crippen LogP contribution in [0.15, 0.2) is 263 Å². The van der Waals surface area contributed by atoms with E-state index in [0.717, 1.165) is 78.1 Å². The van der Waals surface area contributed by atoms with E-state index in [9.17, 15) is 0 Å². The molecular weight excluding hydrogens is 880 g/mol. The zero-order valence-electron chi connectivity index (χ0n) is 38.5. The lowest BCUT2D eigenvalue weighted by molar-refractivity contribution is 0.671. The minimum atomic E-state index is -0.171. The predicted molar refractivity (Wildman–Crippen MR) is 300 cm³/mol. The molecule has 3 nitrogen and oxygen atoms in total. The average Bonchev–Trinajstić information content (AvgIpc) is 4.00. The van der Waals surface area contributed by atoms with Crippen molar-refractivity contribution in [3.05, 3.63) is 249 Å². The summed E-state index contributed by atoms with van der Waals surface area (Å²) in [7, 11) is 0. The van der Waals surface area contributed by atoms with Crippen LogP contribution in [0.4, 0.5) is 17.1 Å². The first kappa shape index (κ1) is 40.2. The van der Waals surface area contributed by atoms with Crippen molar-refractivity contribution in [3.8, 4) is 50.2 Å². The zero-order valence-corrected chi connectivity index (χ0v) is 39.3. The first-order chi connectivity index (χ1) is 35.2. The maximum Gasteiger partial charge on any atom is 0.254 e. The molecule has 2 aromatic heterocycles. The number of benzene rings is 11. The van der Waals surface area contributed by atoms with Gasteiger partial charge >= 0.3 is 0 Å². The third-order valence-corrected chi connectivity index (χ3v) is 16.0. The molecule has 0 N–H and O–H groups in total. The van der Waals surface area contributed by atoms with Gasteiger partial charge in [-0.1, -0.05) is 223 Å². The summed E-state index contributed by atoms with van der Waals surface area (Å²) in [6, 6.07) is 91.3. The summed E-state index contributed by atoms with van der Waals surface area (Å²) in [6.07, 6.45) is 0. The van der Waals surface area contributed by atoms with Crippen molar-refractivity contribution in [1.29, 1.82) is 0 Å². The fourth-order valence-electron chi connectivity index (χ4n) is 11.8. The van der Waals surface area contributed by atoms with E-state index in [1.165, 1.54) is 59.1 Å². The van der Waals surface area contributed by atoms with Crippen LogP contribution >= 0.6 is 11.8 Å². The minimum Gasteiger partial charge on any atom is -0.456 e. The molecule has 2 aliphatic heterocycles. The Hall–Kier alpha value is -8.77. The Morgan fingerprint density at radius 3 is 1.55 bits per heavy atom. The fraction of sp³-hybridized carbons (Fsp3) is 0. The molecule has 11 aromatic carbocycles. The molecule has 0 amide bonds. The molecule has 0 aliphatic carbocycles. The van der Waals surface area contributed by atoms with E-state index < -0.39 is 0 Å². The number of anilines is 3. The lowest BCUT2D eigenvalue weighted by atomic mass is 9.34. The average molecular weight is 921 g/mol. The lowest BCUT2D eigenvalue weighted by Gasteiger charge is -2.42. The molecular formula is C66H41BN2OS. The van der Waals surface area contributed by atoms with E-state index >= 15 is 0 Å². The van der Waals surface area contributed by atoms with Gasteiger partial charge in [0, 0.05) is 59.5 Å². The number of hydrogen-bond donors (Lipinski definition) is 0. The summed E-state index contributed by atoms with van der Waals surface area (Å²) in [5.74, 6) is 0. The summed E-state index contributed by atoms with van der Waals surface area (Å²) >= 11 is 1.89. The smallest absolute Gasteiger partial charge is 0.254 e. The normalized spacial score (nSPS) is 12.7. The third kappa shape index (κ3) is 6.13. The van der Waals surface area contributed by atoms with Gasteiger partial charge in [-0.25, -0.2) is 0 Å². The standard InChI is InChI=1S/C66H41BN2OS/c1-5-20-42(21-6-1)46-36-37-60-54(38-46)67-63-57(39-47(40-61(63)71-60)68-55-33-16-13-28-50(55)51-29-14-17-34-56(51)68)69(65-48(43-22-7-2-8-23-43)31-19-32-49(65)44-24-9-3-10-25-44)58-41-53(45-26-11-4-12-27-45)62-52-30-15-18-35-59(52)70-66(62)64(58)67/h1-41H. The molecule has 13 aromatic rings. The highest BCUT2D eigenvalue weighted by Gasteiger charge is 2.45. The maximum absolute atomic E-state index is 7.41. The molecule has 5 heteroatoms. The Balaban J connectivity index is 1.15. The Labute approximate surface area is 416 Å². The maximum atomic E-state index is 7.41. The number of para-hydroxylation sites is 4. The molecule has 0 fully saturated rings. The molecule has 0 unspecified atom stereocenters. The number of fused-ring (bicyclic) bond motifs is 11. The summed E-state index contributed by atoms with van der Waals surface area (Å²) in [4.78, 5) is 5.10. The molecule has 0 saturated carbocycles. The van der Waals surface area contributed by atoms with Gasteiger partial charge in [0.05, 0.1) is 16.7 Å². The van der Waals surface area contributed by atoms with Crippen LogP contribution < -0.4 is 21.3 Å². The van der Waals surface area contributed by atoms with E-state index in [1.807, 2.05) is 11.8 Å². The van der Waals surface area contributed by atoms with Crippen LogP contribution in [0.3, 0.4) is 0 Å². The van der Waals surface area contributed by atoms with Crippen molar-refractivity contribution in [1.82, 2.24) is 4.57 Å². The lowest BCUT2D eigenvalue weighted by Crippen LogP contribution is -2.60. The van der Waals surface area contributed by atoms with E-state index in [2.05, 4.69) is 258 Å². The van der Waals surface area contributed by atoms with Crippen LogP contribution in [0.1, 0.15) is 0 Å². The number of hydrogen-bond acceptors (Lipinski definition) is 3. The SMILES string of the molecule is c1ccc(-c2ccc3c(c2)B2c4c(cc(-n5c6ccccc6c6ccccc65)cc4N(c4c(-c5ccccc5)cccc4-c4ccccc4)c4cc(-c5ccccc5)c5c(oc6ccccc65)c42)S3)cc1. The van der Waals surface area contributed by atoms with Gasteiger partial charge in [0.1, 0.15) is 11.2 Å². The summed E-state index contributed by atoms with van der Waals surface area (Å²) in [5, 5.41) is 4.72. The second kappa shape index (κ2) is 15.9. The molecule has 0 saturated heterocycles. The quantitative estimate of drug-likeness (QED) is 0.155. The van der Waals surface area contributed by atoms with Crippen molar-refractivity contribution in [2.45, 2.75) is 9.79 Å². The van der Waals surface area contributed by atoms with Crippen LogP contribution in [-0.4, -0.2) is 11.3 Å². The van der Waals surface area contributed by atoms with Gasteiger partial charge in [0.2, 0.25) is 0 Å². The van der Waals surface area contributed by atoms with Crippen LogP contribution in [0.5, 0.6) is 0 Å². The molecule has 4 heterocycles. The molecule has 0 atom stereocenters. The van der Waals surface area contributed by atoms with E-state index in [-0.39, 0.29) is 6.71 Å². The van der Waals surface area contributed by atoms with E-state index in [1.54, 1.807) is 0 Å². The summed E-state index contributed by atoms with van der Waals surface area (Å²) < 4.78 is 9.89. The Bertz CT molecular complexity index is 4150. The predicted octanol–water partition coefficient (Wildman–Crippen LogP) is 16.1. The summed E-state index contributed by atoms with van der Waals surface area (Å²) in [5.41, 5.74) is 21.6. The highest BCUT2D eigenvalue weighted by atomic mass is 32.2. The number of nitrogens with zero attached hydrogens (tertiary/aromatic N) is 2. The van der Waals surface area contributed by atoms with E-state index in [4.69, 9.17) is 4.42 Å². The van der Waals surface area contributed by atoms with Gasteiger partial charge in [0.15, 0.2) is 0 Å². The van der Waals surface area contributed by atoms with Crippen LogP contribution in [-0.2, 0) is 0 Å². The van der Waals surface area contributed by atoms with Crippen LogP contribution in [0.25, 0.3) is 93.9 Å². The topological polar surface area (TPSA) is 21.3 Å². The Morgan fingerprint density at radius 2 is 0.915 bits per heavy atom. The van der Waals surface area contributed by atoms with Crippen LogP contribution in [0.2, 0.25) is 0 Å². The molecule has 0 spiro atoms. The van der Waals surface area contributed by atoms with Gasteiger partial charge in [-0.3, -0.25) is 0 Å². The van der Waals surface area contributed by atoms with Gasteiger partial charge in [-0.2, -0.15) is 0 Å². The first-order valence-electron chi connectivity index (χ1n) is 24.4. The van der Waals surface area contributed by atoms with Crippen molar-refractivity contribution in [3.63, 3.8) is 0 Å². The van der Waals surface area contributed by atoms with Crippen LogP contribution in [0, 0.1) is 0 Å². The first-order valence-corrected chi connectivity index (χ1v) is 25.2. The highest BCUT2D eigenvalue weighted by Crippen LogP contribution is 2.52. The molecule has 2 aliphatic rings. The largest absolute Gasteiger partial charge is 0.456 e. The van der Waals surface area contributed by atoms with Crippen molar-refractivity contribution < 1.29 is 4.42 Å². The van der Waals surface area contributed by atoms with Crippen molar-refractivity contribution >= 4 is 95.7 Å². The van der Waals surface area contributed by atoms with Crippen molar-refractivity contribution in [2.24, 2.45) is 0 Å². The van der Waals surface area contributed by atoms with Gasteiger partial charge < -0.3 is 13.9 Å². The molecule has 15 rings (SSSR count). The fourth-order valence-corrected chi connectivity index (χ4v) is 13.0. The summed E-state index contributed by atoms with van der Waals surface area (Å²) in [6.45, 7) is -0.171. The highest BCUT2D eigenvalue weighted by molar-refractivity contribution is 8.00. The van der Waals surface area contributed by atoms with Crippen molar-refractivity contribution in [2.75, 3.05) is 4.90 Å². The monoisotopic (exact) mass is 920 g/mol. The molecule has 71 heavy (non-hydrogen) atoms. The van der Waals surface area contributed by atoms with Gasteiger partial charge in [0.25, 0.3) is 6.71 Å². The number of furan rings is 1. The molecule has 0 bridgehead atoms. The Morgan fingerprint density at radius 1 is 0.380 bits per heavy atom.